The Kier molecular flexibility index (Phi) is 3.97. The molecule has 2 rings (SSSR count). The van der Waals surface area contributed by atoms with Crippen molar-refractivity contribution in [3.8, 4) is 0 Å². The van der Waals surface area contributed by atoms with Gasteiger partial charge in [0, 0.05) is 3.57 Å². The molecule has 0 radical (unpaired) electrons. The predicted octanol–water partition coefficient (Wildman–Crippen LogP) is 3.18. The molecule has 5 nitrogen and oxygen atoms in total. The van der Waals surface area contributed by atoms with Crippen LogP contribution in [0.1, 0.15) is 10.5 Å². The third-order valence-electron chi connectivity index (χ3n) is 2.06. The first-order chi connectivity index (χ1) is 8.56. The second-order valence-electron chi connectivity index (χ2n) is 3.34. The first-order valence-corrected chi connectivity index (χ1v) is 6.29. The summed E-state index contributed by atoms with van der Waals surface area (Å²) < 4.78 is 1.02. The van der Waals surface area contributed by atoms with Gasteiger partial charge in [0.25, 0.3) is 0 Å². The number of anilines is 2. The molecule has 0 saturated carbocycles. The fraction of sp³-hybridized carbons (Fsp3) is 0. The average molecular weight is 376 g/mol. The van der Waals surface area contributed by atoms with Crippen LogP contribution in [0.3, 0.4) is 0 Å². The zero-order valence-corrected chi connectivity index (χ0v) is 11.8. The van der Waals surface area contributed by atoms with Gasteiger partial charge in [-0.1, -0.05) is 11.6 Å². The van der Waals surface area contributed by atoms with Crippen LogP contribution in [-0.4, -0.2) is 21.0 Å². The smallest absolute Gasteiger partial charge is 0.356 e. The molecule has 0 spiro atoms. The van der Waals surface area contributed by atoms with Crippen LogP contribution >= 0.6 is 34.2 Å². The minimum absolute atomic E-state index is 0.103. The Labute approximate surface area is 121 Å². The molecule has 2 aromatic rings. The minimum Gasteiger partial charge on any atom is -0.476 e. The van der Waals surface area contributed by atoms with E-state index in [0.717, 1.165) is 3.57 Å². The molecule has 1 heterocycles. The van der Waals surface area contributed by atoms with Gasteiger partial charge in [-0.25, -0.2) is 14.8 Å². The second kappa shape index (κ2) is 5.49. The van der Waals surface area contributed by atoms with Crippen molar-refractivity contribution in [3.05, 3.63) is 44.9 Å². The number of halogens is 2. The molecule has 0 aliphatic carbocycles. The summed E-state index contributed by atoms with van der Waals surface area (Å²) in [5.41, 5.74) is 0.593. The molecular weight excluding hydrogens is 368 g/mol. The zero-order valence-electron chi connectivity index (χ0n) is 8.89. The Morgan fingerprint density at radius 2 is 2.11 bits per heavy atom. The highest BCUT2D eigenvalue weighted by molar-refractivity contribution is 14.1. The van der Waals surface area contributed by atoms with Gasteiger partial charge in [0.1, 0.15) is 5.82 Å². The standard InChI is InChI=1S/C11H7ClIN3O2/c12-7-2-1-6(13)3-8(7)16-10-5-14-9(4-15-10)11(17)18/h1-5H,(H,15,16)(H,17,18). The summed E-state index contributed by atoms with van der Waals surface area (Å²) in [6.07, 6.45) is 2.53. The molecule has 2 N–H and O–H groups in total. The number of hydrogen-bond acceptors (Lipinski definition) is 4. The Hall–Kier alpha value is -1.41. The SMILES string of the molecule is O=C(O)c1cnc(Nc2cc(I)ccc2Cl)cn1. The van der Waals surface area contributed by atoms with E-state index in [-0.39, 0.29) is 5.69 Å². The first-order valence-electron chi connectivity index (χ1n) is 4.83. The number of aromatic carboxylic acids is 1. The van der Waals surface area contributed by atoms with Gasteiger partial charge in [0.15, 0.2) is 5.69 Å². The second-order valence-corrected chi connectivity index (χ2v) is 4.99. The molecule has 92 valence electrons. The Morgan fingerprint density at radius 3 is 2.72 bits per heavy atom. The van der Waals surface area contributed by atoms with E-state index in [2.05, 4.69) is 37.9 Å². The summed E-state index contributed by atoms with van der Waals surface area (Å²) in [4.78, 5) is 18.3. The predicted molar refractivity (Wildman–Crippen MR) is 76.4 cm³/mol. The minimum atomic E-state index is -1.11. The summed E-state index contributed by atoms with van der Waals surface area (Å²) >= 11 is 8.19. The number of hydrogen-bond donors (Lipinski definition) is 2. The maximum atomic E-state index is 10.6. The van der Waals surface area contributed by atoms with Crippen LogP contribution in [0.2, 0.25) is 5.02 Å². The van der Waals surface area contributed by atoms with Gasteiger partial charge in [-0.05, 0) is 40.8 Å². The van der Waals surface area contributed by atoms with Crippen molar-refractivity contribution in [2.75, 3.05) is 5.32 Å². The highest BCUT2D eigenvalue weighted by Gasteiger charge is 2.06. The average Bonchev–Trinajstić information content (AvgIpc) is 2.34. The molecule has 0 fully saturated rings. The summed E-state index contributed by atoms with van der Waals surface area (Å²) in [6.45, 7) is 0. The monoisotopic (exact) mass is 375 g/mol. The topological polar surface area (TPSA) is 75.1 Å². The fourth-order valence-electron chi connectivity index (χ4n) is 1.23. The van der Waals surface area contributed by atoms with E-state index in [0.29, 0.717) is 16.5 Å². The van der Waals surface area contributed by atoms with Crippen LogP contribution in [0.4, 0.5) is 11.5 Å². The number of carboxylic acids is 1. The summed E-state index contributed by atoms with van der Waals surface area (Å²) in [5.74, 6) is -0.676. The lowest BCUT2D eigenvalue weighted by Gasteiger charge is -2.07. The van der Waals surface area contributed by atoms with Crippen LogP contribution in [-0.2, 0) is 0 Å². The number of carboxylic acid groups (broad SMARTS) is 1. The molecule has 0 saturated heterocycles. The van der Waals surface area contributed by atoms with Crippen molar-refractivity contribution in [2.24, 2.45) is 0 Å². The van der Waals surface area contributed by atoms with E-state index in [1.165, 1.54) is 12.4 Å². The lowest BCUT2D eigenvalue weighted by molar-refractivity contribution is 0.0690. The summed E-state index contributed by atoms with van der Waals surface area (Å²) in [7, 11) is 0. The largest absolute Gasteiger partial charge is 0.476 e. The van der Waals surface area contributed by atoms with Gasteiger partial charge >= 0.3 is 5.97 Å². The molecule has 1 aromatic heterocycles. The Morgan fingerprint density at radius 1 is 1.33 bits per heavy atom. The fourth-order valence-corrected chi connectivity index (χ4v) is 1.89. The van der Waals surface area contributed by atoms with Crippen LogP contribution in [0, 0.1) is 3.57 Å². The molecule has 18 heavy (non-hydrogen) atoms. The molecule has 0 bridgehead atoms. The van der Waals surface area contributed by atoms with Gasteiger partial charge in [0.05, 0.1) is 23.1 Å². The number of aromatic nitrogens is 2. The summed E-state index contributed by atoms with van der Waals surface area (Å²) in [6, 6.07) is 5.51. The summed E-state index contributed by atoms with van der Waals surface area (Å²) in [5, 5.41) is 12.2. The van der Waals surface area contributed by atoms with E-state index < -0.39 is 5.97 Å². The molecule has 1 aromatic carbocycles. The molecular formula is C11H7ClIN3O2. The quantitative estimate of drug-likeness (QED) is 0.806. The van der Waals surface area contributed by atoms with Crippen molar-refractivity contribution >= 4 is 51.7 Å². The van der Waals surface area contributed by atoms with Crippen molar-refractivity contribution in [1.29, 1.82) is 0 Å². The Bertz CT molecular complexity index is 589. The highest BCUT2D eigenvalue weighted by Crippen LogP contribution is 2.26. The molecule has 0 atom stereocenters. The number of carbonyl (C=O) groups is 1. The van der Waals surface area contributed by atoms with E-state index in [1.807, 2.05) is 12.1 Å². The number of benzene rings is 1. The van der Waals surface area contributed by atoms with Crippen LogP contribution in [0.25, 0.3) is 0 Å². The highest BCUT2D eigenvalue weighted by atomic mass is 127. The maximum absolute atomic E-state index is 10.6. The maximum Gasteiger partial charge on any atom is 0.356 e. The molecule has 7 heteroatoms. The number of rotatable bonds is 3. The van der Waals surface area contributed by atoms with Gasteiger partial charge in [0.2, 0.25) is 0 Å². The van der Waals surface area contributed by atoms with E-state index in [9.17, 15) is 4.79 Å². The molecule has 0 unspecified atom stereocenters. The molecule has 0 aliphatic rings. The van der Waals surface area contributed by atoms with Crippen LogP contribution in [0.15, 0.2) is 30.6 Å². The van der Waals surface area contributed by atoms with Crippen molar-refractivity contribution in [1.82, 2.24) is 9.97 Å². The first kappa shape index (κ1) is 13.0. The van der Waals surface area contributed by atoms with Gasteiger partial charge in [-0.15, -0.1) is 0 Å². The molecule has 0 aliphatic heterocycles. The van der Waals surface area contributed by atoms with Crippen molar-refractivity contribution < 1.29 is 9.90 Å². The third kappa shape index (κ3) is 3.08. The number of nitrogens with zero attached hydrogens (tertiary/aromatic N) is 2. The number of nitrogens with one attached hydrogen (secondary N) is 1. The molecule has 0 amide bonds. The zero-order chi connectivity index (χ0) is 13.1. The van der Waals surface area contributed by atoms with E-state index in [1.54, 1.807) is 6.07 Å². The Balaban J connectivity index is 2.23. The van der Waals surface area contributed by atoms with Crippen LogP contribution in [0.5, 0.6) is 0 Å². The lowest BCUT2D eigenvalue weighted by atomic mass is 10.3. The van der Waals surface area contributed by atoms with Crippen molar-refractivity contribution in [3.63, 3.8) is 0 Å². The van der Waals surface area contributed by atoms with E-state index in [4.69, 9.17) is 16.7 Å². The van der Waals surface area contributed by atoms with Gasteiger partial charge in [-0.3, -0.25) is 0 Å². The van der Waals surface area contributed by atoms with E-state index >= 15 is 0 Å². The van der Waals surface area contributed by atoms with Gasteiger partial charge < -0.3 is 10.4 Å². The lowest BCUT2D eigenvalue weighted by Crippen LogP contribution is -2.03. The third-order valence-corrected chi connectivity index (χ3v) is 3.06. The van der Waals surface area contributed by atoms with Crippen molar-refractivity contribution in [2.45, 2.75) is 0 Å². The van der Waals surface area contributed by atoms with Crippen LogP contribution < -0.4 is 5.32 Å². The van der Waals surface area contributed by atoms with Gasteiger partial charge in [-0.2, -0.15) is 0 Å². The normalized spacial score (nSPS) is 10.1.